The Morgan fingerprint density at radius 3 is 2.42 bits per heavy atom. The Morgan fingerprint density at radius 1 is 1.15 bits per heavy atom. The average molecular weight is 413 g/mol. The number of benzene rings is 2. The molecule has 3 rings (SSSR count). The van der Waals surface area contributed by atoms with Crippen LogP contribution in [-0.4, -0.2) is 25.1 Å². The number of nitrogen functional groups attached to an aromatic ring is 1. The van der Waals surface area contributed by atoms with Gasteiger partial charge >= 0.3 is 0 Å². The maximum atomic E-state index is 12.6. The second-order valence-electron chi connectivity index (χ2n) is 5.12. The summed E-state index contributed by atoms with van der Waals surface area (Å²) in [6, 6.07) is 6.43. The number of hydrogen-bond donors (Lipinski definition) is 3. The Balaban J connectivity index is 1.94. The van der Waals surface area contributed by atoms with E-state index in [4.69, 9.17) is 38.5 Å². The van der Waals surface area contributed by atoms with Crippen LogP contribution >= 0.6 is 34.5 Å². The monoisotopic (exact) mass is 412 g/mol. The van der Waals surface area contributed by atoms with E-state index in [-0.39, 0.29) is 16.0 Å². The van der Waals surface area contributed by atoms with Gasteiger partial charge in [0, 0.05) is 17.3 Å². The lowest BCUT2D eigenvalue weighted by molar-refractivity contribution is 0.102. The van der Waals surface area contributed by atoms with Crippen LogP contribution in [0.15, 0.2) is 24.3 Å². The molecule has 0 aliphatic carbocycles. The molecule has 10 heteroatoms. The molecule has 0 radical (unpaired) electrons. The van der Waals surface area contributed by atoms with Gasteiger partial charge in [0.25, 0.3) is 5.91 Å². The molecular formula is C16H14Cl2N4O3S. The van der Waals surface area contributed by atoms with Gasteiger partial charge in [-0.05, 0) is 18.2 Å². The molecule has 0 fully saturated rings. The van der Waals surface area contributed by atoms with Gasteiger partial charge in [0.05, 0.1) is 29.0 Å². The molecule has 0 bridgehead atoms. The van der Waals surface area contributed by atoms with Crippen LogP contribution in [-0.2, 0) is 0 Å². The first kappa shape index (κ1) is 18.5. The minimum atomic E-state index is -0.375. The van der Waals surface area contributed by atoms with Crippen molar-refractivity contribution in [3.05, 3.63) is 39.9 Å². The number of hydrazine groups is 1. The Hall–Kier alpha value is -2.26. The molecule has 7 nitrogen and oxygen atoms in total. The minimum absolute atomic E-state index is 0.249. The summed E-state index contributed by atoms with van der Waals surface area (Å²) >= 11 is 13.5. The third kappa shape index (κ3) is 3.49. The Morgan fingerprint density at radius 2 is 1.85 bits per heavy atom. The van der Waals surface area contributed by atoms with Crippen molar-refractivity contribution in [2.24, 2.45) is 5.84 Å². The molecule has 2 aromatic carbocycles. The van der Waals surface area contributed by atoms with Crippen molar-refractivity contribution in [1.82, 2.24) is 4.98 Å². The van der Waals surface area contributed by atoms with Crippen molar-refractivity contribution < 1.29 is 14.3 Å². The lowest BCUT2D eigenvalue weighted by Gasteiger charge is -2.10. The third-order valence-corrected chi connectivity index (χ3v) is 5.02. The number of aromatic nitrogens is 1. The average Bonchev–Trinajstić information content (AvgIpc) is 3.03. The van der Waals surface area contributed by atoms with Crippen LogP contribution < -0.4 is 26.1 Å². The summed E-state index contributed by atoms with van der Waals surface area (Å²) in [5.41, 5.74) is 3.99. The normalized spacial score (nSPS) is 10.7. The van der Waals surface area contributed by atoms with Gasteiger partial charge in [0.2, 0.25) is 0 Å². The summed E-state index contributed by atoms with van der Waals surface area (Å²) in [5.74, 6) is 5.86. The highest BCUT2D eigenvalue weighted by Gasteiger charge is 2.16. The molecule has 3 aromatic rings. The van der Waals surface area contributed by atoms with Gasteiger partial charge in [0.1, 0.15) is 11.3 Å². The second-order valence-corrected chi connectivity index (χ2v) is 6.96. The maximum Gasteiger partial charge on any atom is 0.255 e. The Kier molecular flexibility index (Phi) is 5.38. The smallest absolute Gasteiger partial charge is 0.255 e. The van der Waals surface area contributed by atoms with Crippen molar-refractivity contribution in [2.75, 3.05) is 25.0 Å². The van der Waals surface area contributed by atoms with Gasteiger partial charge in [-0.15, -0.1) is 0 Å². The first-order valence-electron chi connectivity index (χ1n) is 7.26. The summed E-state index contributed by atoms with van der Waals surface area (Å²) in [7, 11) is 2.98. The fourth-order valence-electron chi connectivity index (χ4n) is 2.38. The first-order chi connectivity index (χ1) is 12.5. The number of rotatable bonds is 5. The zero-order valence-electron chi connectivity index (χ0n) is 13.7. The number of nitrogens with one attached hydrogen (secondary N) is 2. The highest BCUT2D eigenvalue weighted by Crippen LogP contribution is 2.36. The third-order valence-electron chi connectivity index (χ3n) is 3.53. The molecule has 136 valence electrons. The van der Waals surface area contributed by atoms with E-state index in [2.05, 4.69) is 15.7 Å². The fraction of sp³-hybridized carbons (Fsp3) is 0.125. The number of hydrogen-bond acceptors (Lipinski definition) is 7. The molecule has 0 aliphatic rings. The number of amides is 1. The number of carbonyl (C=O) groups is 1. The maximum absolute atomic E-state index is 12.6. The van der Waals surface area contributed by atoms with E-state index in [0.29, 0.717) is 33.4 Å². The van der Waals surface area contributed by atoms with E-state index in [9.17, 15) is 4.79 Å². The number of nitrogens with two attached hydrogens (primary N) is 1. The van der Waals surface area contributed by atoms with Crippen molar-refractivity contribution in [1.29, 1.82) is 0 Å². The zero-order chi connectivity index (χ0) is 18.8. The lowest BCUT2D eigenvalue weighted by atomic mass is 10.2. The summed E-state index contributed by atoms with van der Waals surface area (Å²) in [5, 5.41) is 3.83. The quantitative estimate of drug-likeness (QED) is 0.429. The Bertz CT molecular complexity index is 970. The standard InChI is InChI=1S/C16H14Cl2N4O3S/c1-24-11-5-8(6-12-13(11)21-16(22-19)26-12)20-15(23)7-3-9(17)14(25-2)10(18)4-7/h3-6H,19H2,1-2H3,(H,20,23)(H,21,22). The van der Waals surface area contributed by atoms with E-state index in [1.54, 1.807) is 12.1 Å². The van der Waals surface area contributed by atoms with E-state index < -0.39 is 0 Å². The molecule has 0 unspecified atom stereocenters. The predicted octanol–water partition coefficient (Wildman–Crippen LogP) is 4.16. The molecular weight excluding hydrogens is 399 g/mol. The van der Waals surface area contributed by atoms with Crippen molar-refractivity contribution in [3.8, 4) is 11.5 Å². The Labute approximate surface area is 163 Å². The molecule has 1 heterocycles. The van der Waals surface area contributed by atoms with Crippen LogP contribution in [0.1, 0.15) is 10.4 Å². The zero-order valence-corrected chi connectivity index (χ0v) is 16.1. The summed E-state index contributed by atoms with van der Waals surface area (Å²) < 4.78 is 11.2. The van der Waals surface area contributed by atoms with Gasteiger partial charge in [-0.3, -0.25) is 10.2 Å². The van der Waals surface area contributed by atoms with Crippen molar-refractivity contribution in [2.45, 2.75) is 0 Å². The molecule has 1 aromatic heterocycles. The second kappa shape index (κ2) is 7.55. The molecule has 4 N–H and O–H groups in total. The van der Waals surface area contributed by atoms with Crippen molar-refractivity contribution in [3.63, 3.8) is 0 Å². The number of carbonyl (C=O) groups excluding carboxylic acids is 1. The summed E-state index contributed by atoms with van der Waals surface area (Å²) in [6.07, 6.45) is 0. The fourth-order valence-corrected chi connectivity index (χ4v) is 3.85. The summed E-state index contributed by atoms with van der Waals surface area (Å²) in [4.78, 5) is 16.9. The number of anilines is 2. The molecule has 1 amide bonds. The molecule has 26 heavy (non-hydrogen) atoms. The number of fused-ring (bicyclic) bond motifs is 1. The van der Waals surface area contributed by atoms with E-state index in [0.717, 1.165) is 4.70 Å². The van der Waals surface area contributed by atoms with E-state index >= 15 is 0 Å². The van der Waals surface area contributed by atoms with E-state index in [1.807, 2.05) is 0 Å². The number of thiazole rings is 1. The van der Waals surface area contributed by atoms with Crippen LogP contribution in [0.25, 0.3) is 10.2 Å². The largest absolute Gasteiger partial charge is 0.494 e. The SMILES string of the molecule is COc1c(Cl)cc(C(=O)Nc2cc(OC)c3nc(NN)sc3c2)cc1Cl. The summed E-state index contributed by atoms with van der Waals surface area (Å²) in [6.45, 7) is 0. The van der Waals surface area contributed by atoms with Crippen LogP contribution in [0.4, 0.5) is 10.8 Å². The highest BCUT2D eigenvalue weighted by atomic mass is 35.5. The first-order valence-corrected chi connectivity index (χ1v) is 8.83. The lowest BCUT2D eigenvalue weighted by Crippen LogP contribution is -2.12. The van der Waals surface area contributed by atoms with Crippen molar-refractivity contribution >= 4 is 61.5 Å². The molecule has 0 spiro atoms. The van der Waals surface area contributed by atoms with Crippen LogP contribution in [0.5, 0.6) is 11.5 Å². The van der Waals surface area contributed by atoms with Gasteiger partial charge in [-0.25, -0.2) is 10.8 Å². The highest BCUT2D eigenvalue weighted by molar-refractivity contribution is 7.22. The number of ether oxygens (including phenoxy) is 2. The van der Waals surface area contributed by atoms with Gasteiger partial charge in [0.15, 0.2) is 10.9 Å². The van der Waals surface area contributed by atoms with Crippen LogP contribution in [0.2, 0.25) is 10.0 Å². The van der Waals surface area contributed by atoms with Gasteiger partial charge in [-0.2, -0.15) is 0 Å². The predicted molar refractivity (Wildman–Crippen MR) is 105 cm³/mol. The van der Waals surface area contributed by atoms with Crippen LogP contribution in [0.3, 0.4) is 0 Å². The molecule has 0 aliphatic heterocycles. The van der Waals surface area contributed by atoms with Crippen LogP contribution in [0, 0.1) is 0 Å². The molecule has 0 saturated heterocycles. The number of nitrogens with zero attached hydrogens (tertiary/aromatic N) is 1. The molecule has 0 atom stereocenters. The molecule has 0 saturated carbocycles. The number of halogens is 2. The van der Waals surface area contributed by atoms with E-state index in [1.165, 1.54) is 37.7 Å². The van der Waals surface area contributed by atoms with Gasteiger partial charge < -0.3 is 14.8 Å². The topological polar surface area (TPSA) is 98.5 Å². The minimum Gasteiger partial charge on any atom is -0.494 e. The van der Waals surface area contributed by atoms with Gasteiger partial charge in [-0.1, -0.05) is 34.5 Å². The number of methoxy groups -OCH3 is 2.